The van der Waals surface area contributed by atoms with Gasteiger partial charge in [0, 0.05) is 25.2 Å². The van der Waals surface area contributed by atoms with E-state index in [0.717, 1.165) is 9.13 Å². The van der Waals surface area contributed by atoms with Crippen LogP contribution in [-0.2, 0) is 18.8 Å². The van der Waals surface area contributed by atoms with E-state index < -0.39 is 35.2 Å². The fourth-order valence-electron chi connectivity index (χ4n) is 3.06. The van der Waals surface area contributed by atoms with Crippen molar-refractivity contribution in [3.05, 3.63) is 68.0 Å². The Morgan fingerprint density at radius 1 is 1.13 bits per heavy atom. The van der Waals surface area contributed by atoms with Crippen molar-refractivity contribution in [2.45, 2.75) is 19.8 Å². The van der Waals surface area contributed by atoms with Gasteiger partial charge in [0.25, 0.3) is 5.56 Å². The number of fused-ring (bicyclic) bond motifs is 1. The molecule has 2 heterocycles. The van der Waals surface area contributed by atoms with Gasteiger partial charge in [-0.1, -0.05) is 32.0 Å². The molecule has 30 heavy (non-hydrogen) atoms. The Morgan fingerprint density at radius 2 is 1.80 bits per heavy atom. The molecule has 0 saturated heterocycles. The van der Waals surface area contributed by atoms with Crippen LogP contribution in [0.1, 0.15) is 46.2 Å². The maximum Gasteiger partial charge on any atom is 0.339 e. The molecule has 1 aromatic carbocycles. The van der Waals surface area contributed by atoms with E-state index in [1.807, 2.05) is 19.9 Å². The van der Waals surface area contributed by atoms with Crippen LogP contribution in [-0.4, -0.2) is 32.5 Å². The number of ketones is 1. The summed E-state index contributed by atoms with van der Waals surface area (Å²) >= 11 is 0. The molecule has 0 saturated carbocycles. The Bertz CT molecular complexity index is 1290. The molecule has 0 aliphatic rings. The number of carbonyl (C=O) groups excluding carboxylic acids is 2. The first-order chi connectivity index (χ1) is 14.1. The van der Waals surface area contributed by atoms with Crippen LogP contribution in [0.5, 0.6) is 0 Å². The van der Waals surface area contributed by atoms with Gasteiger partial charge in [-0.25, -0.2) is 9.59 Å². The Labute approximate surface area is 171 Å². The minimum Gasteiger partial charge on any atom is -0.454 e. The van der Waals surface area contributed by atoms with Crippen molar-refractivity contribution < 1.29 is 14.3 Å². The number of pyridine rings is 1. The lowest BCUT2D eigenvalue weighted by Gasteiger charge is -2.12. The third kappa shape index (κ3) is 3.61. The Kier molecular flexibility index (Phi) is 5.55. The molecule has 0 atom stereocenters. The zero-order chi connectivity index (χ0) is 22.2. The third-order valence-electron chi connectivity index (χ3n) is 4.87. The van der Waals surface area contributed by atoms with Gasteiger partial charge in [-0.05, 0) is 18.1 Å². The number of anilines is 1. The molecule has 0 unspecified atom stereocenters. The lowest BCUT2D eigenvalue weighted by atomic mass is 10.0. The van der Waals surface area contributed by atoms with Gasteiger partial charge in [-0.2, -0.15) is 0 Å². The van der Waals surface area contributed by atoms with E-state index >= 15 is 0 Å². The highest BCUT2D eigenvalue weighted by Crippen LogP contribution is 2.23. The first-order valence-corrected chi connectivity index (χ1v) is 9.29. The van der Waals surface area contributed by atoms with Crippen LogP contribution in [0, 0.1) is 0 Å². The first-order valence-electron chi connectivity index (χ1n) is 9.29. The van der Waals surface area contributed by atoms with E-state index in [2.05, 4.69) is 4.98 Å². The lowest BCUT2D eigenvalue weighted by molar-refractivity contribution is 0.0476. The minimum atomic E-state index is -0.840. The van der Waals surface area contributed by atoms with E-state index in [1.54, 1.807) is 24.3 Å². The van der Waals surface area contributed by atoms with Gasteiger partial charge in [-0.15, -0.1) is 0 Å². The number of hydrogen-bond donors (Lipinski definition) is 1. The van der Waals surface area contributed by atoms with Gasteiger partial charge < -0.3 is 10.5 Å². The summed E-state index contributed by atoms with van der Waals surface area (Å²) in [7, 11) is 2.58. The average molecular weight is 410 g/mol. The van der Waals surface area contributed by atoms with E-state index in [-0.39, 0.29) is 17.3 Å². The Balaban J connectivity index is 1.93. The molecule has 3 aromatic rings. The average Bonchev–Trinajstić information content (AvgIpc) is 2.73. The van der Waals surface area contributed by atoms with Crippen molar-refractivity contribution in [2.75, 3.05) is 12.3 Å². The van der Waals surface area contributed by atoms with Crippen LogP contribution in [0.3, 0.4) is 0 Å². The van der Waals surface area contributed by atoms with E-state index in [9.17, 15) is 19.2 Å². The third-order valence-corrected chi connectivity index (χ3v) is 4.87. The second-order valence-corrected chi connectivity index (χ2v) is 7.23. The highest BCUT2D eigenvalue weighted by molar-refractivity contribution is 6.06. The molecule has 0 fully saturated rings. The van der Waals surface area contributed by atoms with Gasteiger partial charge in [0.15, 0.2) is 6.61 Å². The molecule has 9 nitrogen and oxygen atoms in total. The number of nitrogen functional groups attached to an aromatic ring is 1. The van der Waals surface area contributed by atoms with Crippen LogP contribution in [0.15, 0.2) is 39.9 Å². The molecule has 0 amide bonds. The van der Waals surface area contributed by atoms with Gasteiger partial charge in [0.2, 0.25) is 5.78 Å². The second-order valence-electron chi connectivity index (χ2n) is 7.23. The summed E-state index contributed by atoms with van der Waals surface area (Å²) in [5.74, 6) is -1.71. The number of nitrogens with two attached hydrogens (primary N) is 1. The molecule has 3 rings (SSSR count). The molecular formula is C21H22N4O5. The number of para-hydroxylation sites is 1. The first kappa shape index (κ1) is 21.0. The zero-order valence-corrected chi connectivity index (χ0v) is 17.1. The van der Waals surface area contributed by atoms with Crippen LogP contribution < -0.4 is 17.0 Å². The highest BCUT2D eigenvalue weighted by atomic mass is 16.5. The zero-order valence-electron chi connectivity index (χ0n) is 17.1. The molecule has 0 bridgehead atoms. The molecule has 0 spiro atoms. The van der Waals surface area contributed by atoms with Crippen molar-refractivity contribution in [2.24, 2.45) is 14.1 Å². The predicted octanol–water partition coefficient (Wildman–Crippen LogP) is 1.38. The van der Waals surface area contributed by atoms with Gasteiger partial charge in [0.1, 0.15) is 11.4 Å². The summed E-state index contributed by atoms with van der Waals surface area (Å²) in [6.07, 6.45) is 0. The number of hydrogen-bond acceptors (Lipinski definition) is 7. The summed E-state index contributed by atoms with van der Waals surface area (Å²) in [6.45, 7) is 3.21. The molecule has 0 radical (unpaired) electrons. The van der Waals surface area contributed by atoms with Crippen molar-refractivity contribution in [1.82, 2.24) is 14.1 Å². The van der Waals surface area contributed by atoms with E-state index in [4.69, 9.17) is 10.5 Å². The summed E-state index contributed by atoms with van der Waals surface area (Å²) < 4.78 is 6.96. The van der Waals surface area contributed by atoms with Gasteiger partial charge in [0.05, 0.1) is 11.1 Å². The minimum absolute atomic E-state index is 0.0798. The van der Waals surface area contributed by atoms with Crippen molar-refractivity contribution in [3.63, 3.8) is 0 Å². The largest absolute Gasteiger partial charge is 0.454 e. The van der Waals surface area contributed by atoms with Crippen LogP contribution in [0.25, 0.3) is 10.9 Å². The number of aromatic nitrogens is 3. The van der Waals surface area contributed by atoms with Gasteiger partial charge in [-0.3, -0.25) is 23.7 Å². The fourth-order valence-corrected chi connectivity index (χ4v) is 3.06. The molecule has 0 aliphatic heterocycles. The quantitative estimate of drug-likeness (QED) is 0.497. The van der Waals surface area contributed by atoms with E-state index in [1.165, 1.54) is 14.1 Å². The maximum absolute atomic E-state index is 12.8. The molecule has 9 heteroatoms. The predicted molar refractivity (Wildman–Crippen MR) is 112 cm³/mol. The monoisotopic (exact) mass is 410 g/mol. The van der Waals surface area contributed by atoms with Crippen molar-refractivity contribution >= 4 is 28.5 Å². The topological polar surface area (TPSA) is 126 Å². The van der Waals surface area contributed by atoms with Crippen LogP contribution in [0.2, 0.25) is 0 Å². The number of esters is 1. The van der Waals surface area contributed by atoms with Crippen LogP contribution in [0.4, 0.5) is 5.82 Å². The number of benzene rings is 1. The molecule has 0 aliphatic carbocycles. The Morgan fingerprint density at radius 3 is 2.47 bits per heavy atom. The standard InChI is InChI=1S/C21H22N4O5/c1-11(2)15-9-13(12-7-5-6-8-14(12)23-15)20(28)30-10-16(26)17-18(22)24(3)21(29)25(4)19(17)27/h5-9,11H,10,22H2,1-4H3. The molecule has 2 aromatic heterocycles. The number of nitrogens with zero attached hydrogens (tertiary/aromatic N) is 3. The highest BCUT2D eigenvalue weighted by Gasteiger charge is 2.23. The molecule has 156 valence electrons. The maximum atomic E-state index is 12.8. The summed E-state index contributed by atoms with van der Waals surface area (Å²) in [6, 6.07) is 8.76. The SMILES string of the molecule is CC(C)c1cc(C(=O)OCC(=O)c2c(N)n(C)c(=O)n(C)c2=O)c2ccccc2n1. The Hall–Kier alpha value is -3.75. The van der Waals surface area contributed by atoms with Gasteiger partial charge >= 0.3 is 11.7 Å². The number of ether oxygens (including phenoxy) is 1. The van der Waals surface area contributed by atoms with Crippen LogP contribution >= 0.6 is 0 Å². The smallest absolute Gasteiger partial charge is 0.339 e. The summed E-state index contributed by atoms with van der Waals surface area (Å²) in [5.41, 5.74) is 5.51. The van der Waals surface area contributed by atoms with Crippen molar-refractivity contribution in [3.8, 4) is 0 Å². The fraction of sp³-hybridized carbons (Fsp3) is 0.286. The number of carbonyl (C=O) groups is 2. The molecule has 2 N–H and O–H groups in total. The normalized spacial score (nSPS) is 11.1. The number of Topliss-reactive ketones (excluding diaryl/α,β-unsaturated/α-hetero) is 1. The van der Waals surface area contributed by atoms with Crippen molar-refractivity contribution in [1.29, 1.82) is 0 Å². The lowest BCUT2D eigenvalue weighted by Crippen LogP contribution is -2.42. The summed E-state index contributed by atoms with van der Waals surface area (Å²) in [4.78, 5) is 54.1. The van der Waals surface area contributed by atoms with E-state index in [0.29, 0.717) is 16.6 Å². The number of rotatable bonds is 5. The molecular weight excluding hydrogens is 388 g/mol. The second kappa shape index (κ2) is 7.94. The summed E-state index contributed by atoms with van der Waals surface area (Å²) in [5, 5.41) is 0.594.